The van der Waals surface area contributed by atoms with Crippen LogP contribution in [0.25, 0.3) is 0 Å². The first-order valence-electron chi connectivity index (χ1n) is 3.38. The molecule has 0 saturated carbocycles. The summed E-state index contributed by atoms with van der Waals surface area (Å²) in [7, 11) is 0. The van der Waals surface area contributed by atoms with Gasteiger partial charge in [0, 0.05) is 6.61 Å². The highest BCUT2D eigenvalue weighted by atomic mass is 16.3. The topological polar surface area (TPSA) is 20.2 Å². The van der Waals surface area contributed by atoms with Crippen LogP contribution in [-0.4, -0.2) is 11.7 Å². The first kappa shape index (κ1) is 8.96. The lowest BCUT2D eigenvalue weighted by Crippen LogP contribution is -2.18. The lowest BCUT2D eigenvalue weighted by Gasteiger charge is -2.22. The molecule has 0 aromatic carbocycles. The van der Waals surface area contributed by atoms with Crippen LogP contribution in [0.2, 0.25) is 0 Å². The fourth-order valence-electron chi connectivity index (χ4n) is 1.01. The molecule has 0 amide bonds. The molecule has 0 spiro atoms. The molecule has 1 radical (unpaired) electrons. The van der Waals surface area contributed by atoms with Crippen molar-refractivity contribution < 1.29 is 5.11 Å². The Morgan fingerprint density at radius 3 is 1.89 bits per heavy atom. The van der Waals surface area contributed by atoms with Crippen LogP contribution >= 0.6 is 0 Å². The molecular formula is C8H17O. The predicted octanol–water partition coefficient (Wildman–Crippen LogP) is 2.01. The second-order valence-corrected chi connectivity index (χ2v) is 3.71. The summed E-state index contributed by atoms with van der Waals surface area (Å²) in [5.74, 6) is 1.38. The molecule has 0 aliphatic heterocycles. The second kappa shape index (κ2) is 3.21. The number of aliphatic hydroxyl groups is 1. The van der Waals surface area contributed by atoms with Crippen LogP contribution in [0.5, 0.6) is 0 Å². The van der Waals surface area contributed by atoms with Crippen molar-refractivity contribution in [1.82, 2.24) is 0 Å². The molecule has 0 saturated heterocycles. The largest absolute Gasteiger partial charge is 0.396 e. The number of rotatable bonds is 3. The molecule has 1 N–H and O–H groups in total. The van der Waals surface area contributed by atoms with Crippen molar-refractivity contribution >= 4 is 0 Å². The van der Waals surface area contributed by atoms with E-state index in [2.05, 4.69) is 27.7 Å². The van der Waals surface area contributed by atoms with Crippen molar-refractivity contribution in [3.8, 4) is 0 Å². The maximum Gasteiger partial charge on any atom is 0.0482 e. The van der Waals surface area contributed by atoms with E-state index in [0.717, 1.165) is 6.42 Å². The van der Waals surface area contributed by atoms with E-state index in [4.69, 9.17) is 5.11 Å². The van der Waals surface area contributed by atoms with Crippen molar-refractivity contribution in [1.29, 1.82) is 0 Å². The summed E-state index contributed by atoms with van der Waals surface area (Å²) in [5.41, 5.74) is 0.0822. The predicted molar refractivity (Wildman–Crippen MR) is 40.1 cm³/mol. The maximum absolute atomic E-state index is 8.83. The van der Waals surface area contributed by atoms with Crippen LogP contribution in [0.1, 0.15) is 34.1 Å². The van der Waals surface area contributed by atoms with Crippen LogP contribution in [-0.2, 0) is 0 Å². The lowest BCUT2D eigenvalue weighted by atomic mass is 9.85. The highest BCUT2D eigenvalue weighted by Crippen LogP contribution is 2.24. The first-order chi connectivity index (χ1) is 3.98. The van der Waals surface area contributed by atoms with Crippen LogP contribution in [0.3, 0.4) is 0 Å². The third-order valence-corrected chi connectivity index (χ3v) is 1.26. The molecule has 0 atom stereocenters. The van der Waals surface area contributed by atoms with Crippen LogP contribution < -0.4 is 0 Å². The van der Waals surface area contributed by atoms with Gasteiger partial charge < -0.3 is 5.11 Å². The van der Waals surface area contributed by atoms with E-state index in [9.17, 15) is 0 Å². The zero-order valence-corrected chi connectivity index (χ0v) is 6.86. The highest BCUT2D eigenvalue weighted by Gasteiger charge is 2.17. The van der Waals surface area contributed by atoms with Gasteiger partial charge in [-0.25, -0.2) is 0 Å². The average molecular weight is 129 g/mol. The Kier molecular flexibility index (Phi) is 3.20. The summed E-state index contributed by atoms with van der Waals surface area (Å²) in [5, 5.41) is 8.83. The zero-order chi connectivity index (χ0) is 7.49. The van der Waals surface area contributed by atoms with E-state index in [-0.39, 0.29) is 12.0 Å². The summed E-state index contributed by atoms with van der Waals surface area (Å²) in [6, 6.07) is 0. The third-order valence-electron chi connectivity index (χ3n) is 1.26. The van der Waals surface area contributed by atoms with Gasteiger partial charge in [-0.05, 0) is 17.8 Å². The van der Waals surface area contributed by atoms with Gasteiger partial charge in [0.25, 0.3) is 0 Å². The zero-order valence-electron chi connectivity index (χ0n) is 6.86. The van der Waals surface area contributed by atoms with Crippen molar-refractivity contribution in [2.45, 2.75) is 34.1 Å². The van der Waals surface area contributed by atoms with E-state index >= 15 is 0 Å². The van der Waals surface area contributed by atoms with Gasteiger partial charge in [-0.2, -0.15) is 0 Å². The van der Waals surface area contributed by atoms with E-state index in [1.807, 2.05) is 0 Å². The molecule has 0 aromatic heterocycles. The van der Waals surface area contributed by atoms with Crippen LogP contribution in [0.4, 0.5) is 0 Å². The SMILES string of the molecule is C[C](C)CC(C)(C)CO. The summed E-state index contributed by atoms with van der Waals surface area (Å²) in [6.45, 7) is 8.60. The van der Waals surface area contributed by atoms with Crippen molar-refractivity contribution in [3.05, 3.63) is 5.92 Å². The molecule has 0 fully saturated rings. The minimum absolute atomic E-state index is 0.0822. The lowest BCUT2D eigenvalue weighted by molar-refractivity contribution is 0.154. The Balaban J connectivity index is 3.58. The van der Waals surface area contributed by atoms with Crippen LogP contribution in [0, 0.1) is 11.3 Å². The standard InChI is InChI=1S/C8H17O/c1-7(2)5-8(3,4)6-9/h9H,5-6H2,1-4H3. The fourth-order valence-corrected chi connectivity index (χ4v) is 1.01. The first-order valence-corrected chi connectivity index (χ1v) is 3.38. The van der Waals surface area contributed by atoms with Gasteiger partial charge in [0.05, 0.1) is 0 Å². The van der Waals surface area contributed by atoms with Crippen molar-refractivity contribution in [3.63, 3.8) is 0 Å². The van der Waals surface area contributed by atoms with Gasteiger partial charge in [-0.1, -0.05) is 27.7 Å². The smallest absolute Gasteiger partial charge is 0.0482 e. The summed E-state index contributed by atoms with van der Waals surface area (Å²) < 4.78 is 0. The molecule has 0 aliphatic rings. The monoisotopic (exact) mass is 129 g/mol. The quantitative estimate of drug-likeness (QED) is 0.618. The molecule has 0 aromatic rings. The molecule has 1 nitrogen and oxygen atoms in total. The van der Waals surface area contributed by atoms with Gasteiger partial charge in [0.15, 0.2) is 0 Å². The average Bonchev–Trinajstić information content (AvgIpc) is 1.63. The summed E-state index contributed by atoms with van der Waals surface area (Å²) in [4.78, 5) is 0. The molecular weight excluding hydrogens is 112 g/mol. The summed E-state index contributed by atoms with van der Waals surface area (Å²) in [6.07, 6.45) is 1.02. The van der Waals surface area contributed by atoms with Crippen LogP contribution in [0.15, 0.2) is 0 Å². The maximum atomic E-state index is 8.83. The Labute approximate surface area is 58.1 Å². The van der Waals surface area contributed by atoms with Gasteiger partial charge in [-0.15, -0.1) is 0 Å². The van der Waals surface area contributed by atoms with E-state index in [1.165, 1.54) is 5.92 Å². The molecule has 0 aliphatic carbocycles. The van der Waals surface area contributed by atoms with Crippen molar-refractivity contribution in [2.75, 3.05) is 6.61 Å². The minimum Gasteiger partial charge on any atom is -0.396 e. The molecule has 0 rings (SSSR count). The molecule has 0 bridgehead atoms. The van der Waals surface area contributed by atoms with Gasteiger partial charge in [0.1, 0.15) is 0 Å². The molecule has 0 heterocycles. The molecule has 9 heavy (non-hydrogen) atoms. The van der Waals surface area contributed by atoms with E-state index in [0.29, 0.717) is 0 Å². The Morgan fingerprint density at radius 2 is 1.78 bits per heavy atom. The van der Waals surface area contributed by atoms with Crippen molar-refractivity contribution in [2.24, 2.45) is 5.41 Å². The molecule has 0 unspecified atom stereocenters. The summed E-state index contributed by atoms with van der Waals surface area (Å²) >= 11 is 0. The van der Waals surface area contributed by atoms with E-state index < -0.39 is 0 Å². The second-order valence-electron chi connectivity index (χ2n) is 3.71. The third kappa shape index (κ3) is 4.46. The van der Waals surface area contributed by atoms with Gasteiger partial charge in [0.2, 0.25) is 0 Å². The Morgan fingerprint density at radius 1 is 1.33 bits per heavy atom. The van der Waals surface area contributed by atoms with Gasteiger partial charge >= 0.3 is 0 Å². The number of hydrogen-bond donors (Lipinski definition) is 1. The highest BCUT2D eigenvalue weighted by molar-refractivity contribution is 4.84. The van der Waals surface area contributed by atoms with E-state index in [1.54, 1.807) is 0 Å². The molecule has 1 heteroatoms. The number of aliphatic hydroxyl groups excluding tert-OH is 1. The fraction of sp³-hybridized carbons (Fsp3) is 0.875. The Bertz CT molecular complexity index is 74.6. The minimum atomic E-state index is 0.0822. The normalized spacial score (nSPS) is 12.7. The number of hydrogen-bond acceptors (Lipinski definition) is 1. The molecule has 55 valence electrons. The van der Waals surface area contributed by atoms with Gasteiger partial charge in [-0.3, -0.25) is 0 Å². The Hall–Kier alpha value is -0.0400.